The number of aryl methyl sites for hydroxylation is 2. The largest absolute Gasteiger partial charge is 0.414 e. The molecule has 0 radical (unpaired) electrons. The molecular formula is C35H48N6O9SSi. The van der Waals surface area contributed by atoms with Crippen molar-refractivity contribution in [1.82, 2.24) is 24.4 Å². The molecule has 17 heteroatoms. The predicted molar refractivity (Wildman–Crippen MR) is 199 cm³/mol. The molecule has 2 aliphatic heterocycles. The summed E-state index contributed by atoms with van der Waals surface area (Å²) in [6, 6.07) is 8.14. The highest BCUT2D eigenvalue weighted by Gasteiger charge is 2.42. The maximum absolute atomic E-state index is 13.3. The molecule has 2 aliphatic rings. The zero-order chi connectivity index (χ0) is 38.0. The van der Waals surface area contributed by atoms with Gasteiger partial charge in [-0.25, -0.2) is 9.59 Å². The number of hydrogen-bond acceptors (Lipinski definition) is 11. The second-order valence-corrected chi connectivity index (χ2v) is 20.7. The number of rotatable bonds is 12. The van der Waals surface area contributed by atoms with Crippen LogP contribution in [0.4, 0.5) is 5.82 Å². The maximum Gasteiger partial charge on any atom is 0.351 e. The van der Waals surface area contributed by atoms with Crippen molar-refractivity contribution in [1.29, 1.82) is 0 Å². The molecule has 2 amide bonds. The third-order valence-corrected chi connectivity index (χ3v) is 15.4. The number of carbonyl (C=O) groups is 2. The quantitative estimate of drug-likeness (QED) is 0.199. The Morgan fingerprint density at radius 2 is 1.67 bits per heavy atom. The van der Waals surface area contributed by atoms with Crippen molar-refractivity contribution in [3.63, 3.8) is 0 Å². The minimum Gasteiger partial charge on any atom is -0.414 e. The number of hydrogen-bond donors (Lipinski definition) is 4. The van der Waals surface area contributed by atoms with Crippen molar-refractivity contribution in [2.24, 2.45) is 0 Å². The van der Waals surface area contributed by atoms with E-state index >= 15 is 0 Å². The maximum atomic E-state index is 13.3. The van der Waals surface area contributed by atoms with Crippen LogP contribution in [0.15, 0.2) is 57.1 Å². The van der Waals surface area contributed by atoms with E-state index in [-0.39, 0.29) is 53.6 Å². The number of thioether (sulfide) groups is 1. The number of aromatic nitrogens is 4. The normalized spacial score (nSPS) is 23.5. The summed E-state index contributed by atoms with van der Waals surface area (Å²) >= 11 is 1.27. The molecule has 52 heavy (non-hydrogen) atoms. The lowest BCUT2D eigenvalue weighted by Crippen LogP contribution is -2.47. The first-order chi connectivity index (χ1) is 24.4. The van der Waals surface area contributed by atoms with Gasteiger partial charge in [-0.1, -0.05) is 39.0 Å². The molecule has 15 nitrogen and oxygen atoms in total. The number of aliphatic hydroxyl groups is 1. The first kappa shape index (κ1) is 39.3. The molecule has 0 unspecified atom stereocenters. The molecular weight excluding hydrogens is 709 g/mol. The summed E-state index contributed by atoms with van der Waals surface area (Å²) < 4.78 is 21.4. The van der Waals surface area contributed by atoms with Gasteiger partial charge in [0, 0.05) is 47.7 Å². The number of anilines is 1. The van der Waals surface area contributed by atoms with Crippen LogP contribution in [0.2, 0.25) is 18.1 Å². The average Bonchev–Trinajstić information content (AvgIpc) is 3.65. The number of benzene rings is 1. The Balaban J connectivity index is 1.23. The standard InChI is InChI=1S/C35H48N6O9SSi/c1-20-15-40(33(46)38-30(20)37-32(45)22-11-9-8-10-12-22)28-13-23(25(49-28)17-48-52(6,7)35(3,4)5)36-27(43)19-51-18-26-24(42)14-29(50-26)41-16-21(2)31(44)39-34(41)47/h8-12,15-16,23-26,28-29,42H,13-14,17-19H2,1-7H3,(H,36,43)(H,39,44,47)(H,37,38,45,46)/t23-,24-,25+,26+,28+,29+/m0/s1. The van der Waals surface area contributed by atoms with Gasteiger partial charge in [0.2, 0.25) is 5.91 Å². The van der Waals surface area contributed by atoms with Gasteiger partial charge < -0.3 is 29.6 Å². The van der Waals surface area contributed by atoms with Crippen LogP contribution in [-0.2, 0) is 18.7 Å². The molecule has 2 fully saturated rings. The minimum atomic E-state index is -2.19. The Morgan fingerprint density at radius 1 is 1.02 bits per heavy atom. The lowest BCUT2D eigenvalue weighted by Gasteiger charge is -2.37. The lowest BCUT2D eigenvalue weighted by atomic mass is 10.1. The summed E-state index contributed by atoms with van der Waals surface area (Å²) in [4.78, 5) is 69.7. The Labute approximate surface area is 306 Å². The molecule has 282 valence electrons. The van der Waals surface area contributed by atoms with Gasteiger partial charge in [0.05, 0.1) is 30.6 Å². The number of aliphatic hydroxyl groups excluding tert-OH is 1. The smallest absolute Gasteiger partial charge is 0.351 e. The predicted octanol–water partition coefficient (Wildman–Crippen LogP) is 2.84. The van der Waals surface area contributed by atoms with Crippen molar-refractivity contribution >= 4 is 37.7 Å². The van der Waals surface area contributed by atoms with Gasteiger partial charge in [0.1, 0.15) is 24.4 Å². The van der Waals surface area contributed by atoms with Crippen molar-refractivity contribution in [3.05, 3.63) is 90.7 Å². The molecule has 0 spiro atoms. The van der Waals surface area contributed by atoms with Crippen LogP contribution in [-0.4, -0.2) is 86.8 Å². The number of aromatic amines is 1. The van der Waals surface area contributed by atoms with Crippen molar-refractivity contribution in [2.75, 3.05) is 23.4 Å². The van der Waals surface area contributed by atoms with Gasteiger partial charge in [0.15, 0.2) is 8.32 Å². The summed E-state index contributed by atoms with van der Waals surface area (Å²) in [5, 5.41) is 16.3. The van der Waals surface area contributed by atoms with Gasteiger partial charge in [-0.3, -0.25) is 28.5 Å². The van der Waals surface area contributed by atoms with E-state index in [9.17, 15) is 29.1 Å². The highest BCUT2D eigenvalue weighted by Crippen LogP contribution is 2.38. The molecule has 4 N–H and O–H groups in total. The Hall–Kier alpha value is -3.87. The average molecular weight is 757 g/mol. The van der Waals surface area contributed by atoms with Crippen LogP contribution in [0.3, 0.4) is 0 Å². The molecule has 0 aliphatic carbocycles. The topological polar surface area (TPSA) is 196 Å². The zero-order valence-corrected chi connectivity index (χ0v) is 32.3. The molecule has 3 aromatic rings. The first-order valence-corrected chi connectivity index (χ1v) is 21.3. The van der Waals surface area contributed by atoms with Crippen LogP contribution >= 0.6 is 11.8 Å². The molecule has 4 heterocycles. The second-order valence-electron chi connectivity index (χ2n) is 14.8. The Bertz CT molecular complexity index is 1940. The molecule has 0 bridgehead atoms. The number of carbonyl (C=O) groups excluding carboxylic acids is 2. The van der Waals surface area contributed by atoms with Gasteiger partial charge in [-0.2, -0.15) is 4.98 Å². The van der Waals surface area contributed by atoms with Gasteiger partial charge in [-0.05, 0) is 44.1 Å². The van der Waals surface area contributed by atoms with Gasteiger partial charge in [-0.15, -0.1) is 11.8 Å². The number of amides is 2. The summed E-state index contributed by atoms with van der Waals surface area (Å²) in [5.74, 6) is -0.160. The molecule has 6 atom stereocenters. The summed E-state index contributed by atoms with van der Waals surface area (Å²) in [6.45, 7) is 14.2. The van der Waals surface area contributed by atoms with E-state index in [0.29, 0.717) is 16.7 Å². The van der Waals surface area contributed by atoms with E-state index in [0.717, 1.165) is 0 Å². The molecule has 2 aromatic heterocycles. The van der Waals surface area contributed by atoms with E-state index < -0.39 is 62.1 Å². The van der Waals surface area contributed by atoms with E-state index in [4.69, 9.17) is 13.9 Å². The van der Waals surface area contributed by atoms with E-state index in [1.54, 1.807) is 50.4 Å². The Morgan fingerprint density at radius 3 is 2.37 bits per heavy atom. The summed E-state index contributed by atoms with van der Waals surface area (Å²) in [5.41, 5.74) is -0.375. The summed E-state index contributed by atoms with van der Waals surface area (Å²) in [6.07, 6.45) is -0.111. The molecule has 0 saturated carbocycles. The van der Waals surface area contributed by atoms with Crippen molar-refractivity contribution < 1.29 is 28.6 Å². The van der Waals surface area contributed by atoms with Crippen molar-refractivity contribution in [2.45, 2.75) is 102 Å². The SMILES string of the molecule is Cc1cn([C@H]2C[C@H](NC(=O)CSC[C@H]3O[C@@H](n4cc(C)c(=O)[nH]c4=O)C[C@@H]3O)[C@@H](CO[Si](C)(C)C(C)(C)C)O2)c(=O)nc1NC(=O)c1ccccc1. The van der Waals surface area contributed by atoms with Crippen LogP contribution in [0.5, 0.6) is 0 Å². The fourth-order valence-corrected chi connectivity index (χ4v) is 7.67. The van der Waals surface area contributed by atoms with Gasteiger partial charge in [0.25, 0.3) is 11.5 Å². The minimum absolute atomic E-state index is 0.0579. The second kappa shape index (κ2) is 16.0. The number of nitrogens with zero attached hydrogens (tertiary/aromatic N) is 3. The third kappa shape index (κ3) is 9.19. The Kier molecular flexibility index (Phi) is 12.1. The molecule has 2 saturated heterocycles. The third-order valence-electron chi connectivity index (χ3n) is 9.89. The first-order valence-electron chi connectivity index (χ1n) is 17.2. The van der Waals surface area contributed by atoms with Crippen LogP contribution < -0.4 is 27.6 Å². The van der Waals surface area contributed by atoms with E-state index in [1.165, 1.54) is 27.1 Å². The van der Waals surface area contributed by atoms with Gasteiger partial charge >= 0.3 is 11.4 Å². The number of ether oxygens (including phenoxy) is 2. The summed E-state index contributed by atoms with van der Waals surface area (Å²) in [7, 11) is -2.19. The number of nitrogens with one attached hydrogen (secondary N) is 3. The lowest BCUT2D eigenvalue weighted by molar-refractivity contribution is -0.119. The monoisotopic (exact) mass is 756 g/mol. The van der Waals surface area contributed by atoms with E-state index in [2.05, 4.69) is 54.5 Å². The fraction of sp³-hybridized carbons (Fsp3) is 0.543. The van der Waals surface area contributed by atoms with E-state index in [1.807, 2.05) is 0 Å². The van der Waals surface area contributed by atoms with Crippen LogP contribution in [0.1, 0.15) is 67.6 Å². The highest BCUT2D eigenvalue weighted by atomic mass is 32.2. The molecule has 1 aromatic carbocycles. The highest BCUT2D eigenvalue weighted by molar-refractivity contribution is 8.00. The van der Waals surface area contributed by atoms with Crippen LogP contribution in [0, 0.1) is 13.8 Å². The zero-order valence-electron chi connectivity index (χ0n) is 30.5. The fourth-order valence-electron chi connectivity index (χ4n) is 5.74. The van der Waals surface area contributed by atoms with Crippen molar-refractivity contribution in [3.8, 4) is 0 Å². The van der Waals surface area contributed by atoms with Crippen LogP contribution in [0.25, 0.3) is 0 Å². The molecule has 5 rings (SSSR count). The number of H-pyrrole nitrogens is 1.